The number of aromatic nitrogens is 2. The molecule has 0 bridgehead atoms. The molecular weight excluding hydrogens is 402 g/mol. The van der Waals surface area contributed by atoms with Crippen molar-refractivity contribution < 1.29 is 13.2 Å². The summed E-state index contributed by atoms with van der Waals surface area (Å²) in [6.07, 6.45) is 0. The van der Waals surface area contributed by atoms with Crippen molar-refractivity contribution in [3.63, 3.8) is 0 Å². The minimum Gasteiger partial charge on any atom is -0.378 e. The molecule has 8 nitrogen and oxygen atoms in total. The largest absolute Gasteiger partial charge is 0.378 e. The van der Waals surface area contributed by atoms with Gasteiger partial charge in [0, 0.05) is 51.0 Å². The minimum atomic E-state index is -3.50. The lowest BCUT2D eigenvalue weighted by molar-refractivity contribution is 0.122. The third kappa shape index (κ3) is 4.28. The zero-order valence-electron chi connectivity index (χ0n) is 17.8. The van der Waals surface area contributed by atoms with Crippen LogP contribution in [0.4, 0.5) is 11.8 Å². The van der Waals surface area contributed by atoms with Crippen LogP contribution in [0.25, 0.3) is 0 Å². The van der Waals surface area contributed by atoms with Gasteiger partial charge in [-0.15, -0.1) is 0 Å². The second-order valence-electron chi connectivity index (χ2n) is 7.93. The van der Waals surface area contributed by atoms with Gasteiger partial charge in [0.2, 0.25) is 16.0 Å². The average Bonchev–Trinajstić information content (AvgIpc) is 2.75. The van der Waals surface area contributed by atoms with Crippen LogP contribution >= 0.6 is 0 Å². The fourth-order valence-corrected chi connectivity index (χ4v) is 5.62. The highest BCUT2D eigenvalue weighted by molar-refractivity contribution is 7.89. The zero-order chi connectivity index (χ0) is 21.3. The highest BCUT2D eigenvalue weighted by Gasteiger charge is 2.30. The predicted molar refractivity (Wildman–Crippen MR) is 117 cm³/mol. The summed E-state index contributed by atoms with van der Waals surface area (Å²) in [5.74, 6) is 1.58. The molecular formula is C21H29N5O3S. The molecule has 0 spiro atoms. The smallest absolute Gasteiger partial charge is 0.243 e. The summed E-state index contributed by atoms with van der Waals surface area (Å²) < 4.78 is 33.4. The molecule has 3 heterocycles. The van der Waals surface area contributed by atoms with Crippen molar-refractivity contribution in [3.05, 3.63) is 41.1 Å². The molecule has 4 rings (SSSR count). The van der Waals surface area contributed by atoms with Crippen molar-refractivity contribution in [1.82, 2.24) is 14.3 Å². The van der Waals surface area contributed by atoms with Gasteiger partial charge < -0.3 is 14.5 Å². The van der Waals surface area contributed by atoms with Crippen LogP contribution in [0.2, 0.25) is 0 Å². The standard InChI is InChI=1S/C21H29N5O3S/c1-16-4-5-17(2)19(14-16)30(27,28)26-8-6-24(7-9-26)20-15-18(3)22-21(23-20)25-10-12-29-13-11-25/h4-5,14-15H,6-13H2,1-3H3. The van der Waals surface area contributed by atoms with Gasteiger partial charge in [-0.3, -0.25) is 0 Å². The van der Waals surface area contributed by atoms with E-state index in [1.54, 1.807) is 10.4 Å². The highest BCUT2D eigenvalue weighted by Crippen LogP contribution is 2.25. The van der Waals surface area contributed by atoms with Crippen molar-refractivity contribution in [3.8, 4) is 0 Å². The van der Waals surface area contributed by atoms with Gasteiger partial charge in [0.1, 0.15) is 5.82 Å². The molecule has 0 saturated carbocycles. The molecule has 0 aliphatic carbocycles. The fourth-order valence-electron chi connectivity index (χ4n) is 3.89. The maximum atomic E-state index is 13.2. The van der Waals surface area contributed by atoms with Crippen molar-refractivity contribution >= 4 is 21.8 Å². The normalized spacial score (nSPS) is 18.6. The molecule has 2 fully saturated rings. The van der Waals surface area contributed by atoms with E-state index < -0.39 is 10.0 Å². The Kier molecular flexibility index (Phi) is 5.95. The van der Waals surface area contributed by atoms with E-state index in [1.807, 2.05) is 39.0 Å². The van der Waals surface area contributed by atoms with E-state index >= 15 is 0 Å². The van der Waals surface area contributed by atoms with Crippen LogP contribution in [0.5, 0.6) is 0 Å². The van der Waals surface area contributed by atoms with Crippen LogP contribution in [-0.2, 0) is 14.8 Å². The van der Waals surface area contributed by atoms with E-state index in [1.165, 1.54) is 0 Å². The van der Waals surface area contributed by atoms with Crippen molar-refractivity contribution in [2.45, 2.75) is 25.7 Å². The first kappa shape index (κ1) is 21.0. The molecule has 0 unspecified atom stereocenters. The van der Waals surface area contributed by atoms with E-state index in [0.717, 1.165) is 41.7 Å². The summed E-state index contributed by atoms with van der Waals surface area (Å²) >= 11 is 0. The molecule has 0 N–H and O–H groups in total. The Morgan fingerprint density at radius 2 is 1.57 bits per heavy atom. The van der Waals surface area contributed by atoms with Gasteiger partial charge in [0.15, 0.2) is 0 Å². The van der Waals surface area contributed by atoms with Crippen LogP contribution in [0, 0.1) is 20.8 Å². The van der Waals surface area contributed by atoms with E-state index in [0.29, 0.717) is 44.3 Å². The molecule has 2 aliphatic rings. The number of benzene rings is 1. The Hall–Kier alpha value is -2.23. The average molecular weight is 432 g/mol. The number of anilines is 2. The number of ether oxygens (including phenoxy) is 1. The molecule has 0 radical (unpaired) electrons. The molecule has 0 atom stereocenters. The summed E-state index contributed by atoms with van der Waals surface area (Å²) in [5, 5.41) is 0. The molecule has 30 heavy (non-hydrogen) atoms. The van der Waals surface area contributed by atoms with E-state index in [-0.39, 0.29) is 0 Å². The molecule has 1 aromatic heterocycles. The number of nitrogens with zero attached hydrogens (tertiary/aromatic N) is 5. The van der Waals surface area contributed by atoms with Gasteiger partial charge in [-0.2, -0.15) is 9.29 Å². The Labute approximate surface area is 178 Å². The second-order valence-corrected chi connectivity index (χ2v) is 9.83. The topological polar surface area (TPSA) is 78.9 Å². The lowest BCUT2D eigenvalue weighted by Crippen LogP contribution is -2.49. The first-order valence-electron chi connectivity index (χ1n) is 10.4. The van der Waals surface area contributed by atoms with Crippen LogP contribution in [0.3, 0.4) is 0 Å². The number of morpholine rings is 1. The van der Waals surface area contributed by atoms with E-state index in [2.05, 4.69) is 14.8 Å². The third-order valence-corrected chi connectivity index (χ3v) is 7.69. The summed E-state index contributed by atoms with van der Waals surface area (Å²) in [7, 11) is -3.50. The predicted octanol–water partition coefficient (Wildman–Crippen LogP) is 1.75. The lowest BCUT2D eigenvalue weighted by atomic mass is 10.2. The maximum absolute atomic E-state index is 13.2. The first-order valence-corrected chi connectivity index (χ1v) is 11.8. The molecule has 2 saturated heterocycles. The van der Waals surface area contributed by atoms with Gasteiger partial charge in [-0.05, 0) is 38.0 Å². The van der Waals surface area contributed by atoms with Crippen LogP contribution in [0.15, 0.2) is 29.2 Å². The van der Waals surface area contributed by atoms with Gasteiger partial charge in [0.25, 0.3) is 0 Å². The minimum absolute atomic E-state index is 0.406. The Balaban J connectivity index is 1.49. The van der Waals surface area contributed by atoms with E-state index in [4.69, 9.17) is 9.72 Å². The van der Waals surface area contributed by atoms with Crippen LogP contribution in [0.1, 0.15) is 16.8 Å². The number of aryl methyl sites for hydroxylation is 3. The Morgan fingerprint density at radius 1 is 0.867 bits per heavy atom. The number of piperazine rings is 1. The van der Waals surface area contributed by atoms with Crippen molar-refractivity contribution in [2.24, 2.45) is 0 Å². The lowest BCUT2D eigenvalue weighted by Gasteiger charge is -2.35. The molecule has 9 heteroatoms. The zero-order valence-corrected chi connectivity index (χ0v) is 18.7. The third-order valence-electron chi connectivity index (χ3n) is 5.65. The molecule has 1 aromatic carbocycles. The molecule has 0 amide bonds. The quantitative estimate of drug-likeness (QED) is 0.730. The summed E-state index contributed by atoms with van der Waals surface area (Å²) in [5.41, 5.74) is 2.64. The number of rotatable bonds is 4. The maximum Gasteiger partial charge on any atom is 0.243 e. The van der Waals surface area contributed by atoms with Gasteiger partial charge in [0.05, 0.1) is 18.1 Å². The second kappa shape index (κ2) is 8.49. The van der Waals surface area contributed by atoms with E-state index in [9.17, 15) is 8.42 Å². The summed E-state index contributed by atoms with van der Waals surface area (Å²) in [4.78, 5) is 14.1. The summed E-state index contributed by atoms with van der Waals surface area (Å²) in [6, 6.07) is 7.54. The molecule has 162 valence electrons. The van der Waals surface area contributed by atoms with Gasteiger partial charge >= 0.3 is 0 Å². The summed E-state index contributed by atoms with van der Waals surface area (Å²) in [6.45, 7) is 10.7. The fraction of sp³-hybridized carbons (Fsp3) is 0.524. The van der Waals surface area contributed by atoms with Crippen LogP contribution in [-0.4, -0.2) is 75.2 Å². The Bertz CT molecular complexity index is 1010. The number of hydrogen-bond acceptors (Lipinski definition) is 7. The van der Waals surface area contributed by atoms with Crippen molar-refractivity contribution in [2.75, 3.05) is 62.3 Å². The Morgan fingerprint density at radius 3 is 2.27 bits per heavy atom. The van der Waals surface area contributed by atoms with Gasteiger partial charge in [-0.25, -0.2) is 13.4 Å². The molecule has 2 aliphatic heterocycles. The number of hydrogen-bond donors (Lipinski definition) is 0. The van der Waals surface area contributed by atoms with Crippen LogP contribution < -0.4 is 9.80 Å². The first-order chi connectivity index (χ1) is 14.3. The highest BCUT2D eigenvalue weighted by atomic mass is 32.2. The SMILES string of the molecule is Cc1ccc(C)c(S(=O)(=O)N2CCN(c3cc(C)nc(N4CCOCC4)n3)CC2)c1. The van der Waals surface area contributed by atoms with Crippen molar-refractivity contribution in [1.29, 1.82) is 0 Å². The number of sulfonamides is 1. The van der Waals surface area contributed by atoms with Gasteiger partial charge in [-0.1, -0.05) is 12.1 Å². The molecule has 2 aromatic rings. The monoisotopic (exact) mass is 431 g/mol.